The summed E-state index contributed by atoms with van der Waals surface area (Å²) in [5, 5.41) is 7.08. The van der Waals surface area contributed by atoms with Gasteiger partial charge in [-0.15, -0.1) is 0 Å². The molecule has 3 amide bonds. The summed E-state index contributed by atoms with van der Waals surface area (Å²) in [6.45, 7) is 1.52. The number of hydrogen-bond acceptors (Lipinski definition) is 4. The fourth-order valence-electron chi connectivity index (χ4n) is 2.01. The third kappa shape index (κ3) is 5.69. The molecule has 0 radical (unpaired) electrons. The Morgan fingerprint density at radius 1 is 1.08 bits per heavy atom. The molecule has 0 aliphatic rings. The van der Waals surface area contributed by atoms with E-state index in [9.17, 15) is 18.8 Å². The summed E-state index contributed by atoms with van der Waals surface area (Å²) in [5.74, 6) is -2.94. The lowest BCUT2D eigenvalue weighted by Gasteiger charge is -2.09. The van der Waals surface area contributed by atoms with E-state index < -0.39 is 17.6 Å². The highest BCUT2D eigenvalue weighted by Crippen LogP contribution is 2.19. The van der Waals surface area contributed by atoms with Crippen LogP contribution in [0, 0.1) is 5.82 Å². The van der Waals surface area contributed by atoms with Gasteiger partial charge in [0.1, 0.15) is 5.82 Å². The highest BCUT2D eigenvalue weighted by Gasteiger charge is 2.15. The Morgan fingerprint density at radius 3 is 2.56 bits per heavy atom. The van der Waals surface area contributed by atoms with Crippen molar-refractivity contribution in [1.29, 1.82) is 0 Å². The lowest BCUT2D eigenvalue weighted by molar-refractivity contribution is -0.136. The average molecular weight is 344 g/mol. The molecular formula is C17H17FN4O3. The molecular weight excluding hydrogens is 327 g/mol. The van der Waals surface area contributed by atoms with E-state index in [-0.39, 0.29) is 18.1 Å². The first-order valence-corrected chi connectivity index (χ1v) is 7.52. The molecule has 0 unspecified atom stereocenters. The van der Waals surface area contributed by atoms with Gasteiger partial charge in [0, 0.05) is 37.5 Å². The molecule has 130 valence electrons. The van der Waals surface area contributed by atoms with Gasteiger partial charge in [0.05, 0.1) is 5.69 Å². The Labute approximate surface area is 143 Å². The van der Waals surface area contributed by atoms with Gasteiger partial charge in [-0.25, -0.2) is 4.39 Å². The second-order valence-electron chi connectivity index (χ2n) is 5.16. The second-order valence-corrected chi connectivity index (χ2v) is 5.16. The van der Waals surface area contributed by atoms with Crippen LogP contribution < -0.4 is 16.0 Å². The molecule has 0 spiro atoms. The quantitative estimate of drug-likeness (QED) is 0.715. The first-order chi connectivity index (χ1) is 12.0. The number of carbonyl (C=O) groups excluding carboxylic acids is 3. The number of anilines is 2. The van der Waals surface area contributed by atoms with E-state index in [1.165, 1.54) is 19.1 Å². The van der Waals surface area contributed by atoms with E-state index in [1.807, 2.05) is 6.07 Å². The zero-order valence-corrected chi connectivity index (χ0v) is 13.5. The maximum atomic E-state index is 13.7. The zero-order valence-electron chi connectivity index (χ0n) is 13.5. The van der Waals surface area contributed by atoms with Crippen molar-refractivity contribution in [3.63, 3.8) is 0 Å². The molecule has 2 rings (SSSR count). The van der Waals surface area contributed by atoms with Crippen LogP contribution in [-0.2, 0) is 20.8 Å². The minimum atomic E-state index is -1.00. The number of amides is 3. The summed E-state index contributed by atoms with van der Waals surface area (Å²) >= 11 is 0. The number of nitrogens with zero attached hydrogens (tertiary/aromatic N) is 1. The van der Waals surface area contributed by atoms with Crippen molar-refractivity contribution in [3.8, 4) is 0 Å². The Hall–Kier alpha value is -3.29. The third-order valence-electron chi connectivity index (χ3n) is 3.13. The van der Waals surface area contributed by atoms with Crippen molar-refractivity contribution in [1.82, 2.24) is 10.3 Å². The van der Waals surface area contributed by atoms with Gasteiger partial charge in [-0.1, -0.05) is 6.07 Å². The molecule has 0 saturated carbocycles. The van der Waals surface area contributed by atoms with E-state index in [0.717, 1.165) is 11.8 Å². The van der Waals surface area contributed by atoms with E-state index in [1.54, 1.807) is 18.3 Å². The van der Waals surface area contributed by atoms with E-state index in [0.29, 0.717) is 12.1 Å². The molecule has 1 aromatic carbocycles. The number of benzene rings is 1. The van der Waals surface area contributed by atoms with Crippen molar-refractivity contribution in [3.05, 3.63) is 54.1 Å². The van der Waals surface area contributed by atoms with E-state index in [4.69, 9.17) is 0 Å². The molecule has 0 saturated heterocycles. The maximum Gasteiger partial charge on any atom is 0.313 e. The summed E-state index contributed by atoms with van der Waals surface area (Å²) in [4.78, 5) is 38.7. The third-order valence-corrected chi connectivity index (χ3v) is 3.13. The summed E-state index contributed by atoms with van der Waals surface area (Å²) in [7, 11) is 0. The lowest BCUT2D eigenvalue weighted by atomic mass is 10.2. The van der Waals surface area contributed by atoms with Crippen molar-refractivity contribution in [2.24, 2.45) is 0 Å². The molecule has 0 aliphatic carbocycles. The minimum Gasteiger partial charge on any atom is -0.347 e. The predicted molar refractivity (Wildman–Crippen MR) is 90.3 cm³/mol. The van der Waals surface area contributed by atoms with Gasteiger partial charge in [-0.2, -0.15) is 0 Å². The van der Waals surface area contributed by atoms with E-state index in [2.05, 4.69) is 20.9 Å². The highest BCUT2D eigenvalue weighted by atomic mass is 19.1. The predicted octanol–water partition coefficient (Wildman–Crippen LogP) is 1.48. The molecule has 7 nitrogen and oxygen atoms in total. The van der Waals surface area contributed by atoms with Gasteiger partial charge >= 0.3 is 11.8 Å². The van der Waals surface area contributed by atoms with Gasteiger partial charge in [-0.3, -0.25) is 19.4 Å². The monoisotopic (exact) mass is 344 g/mol. The second kappa shape index (κ2) is 8.53. The number of carbonyl (C=O) groups is 3. The van der Waals surface area contributed by atoms with Gasteiger partial charge in [0.2, 0.25) is 5.91 Å². The Morgan fingerprint density at radius 2 is 1.88 bits per heavy atom. The number of nitrogens with one attached hydrogen (secondary N) is 3. The number of pyridine rings is 1. The molecule has 1 aromatic heterocycles. The van der Waals surface area contributed by atoms with Crippen LogP contribution in [0.1, 0.15) is 12.6 Å². The van der Waals surface area contributed by atoms with Crippen molar-refractivity contribution in [2.75, 3.05) is 17.2 Å². The Bertz CT molecular complexity index is 781. The Balaban J connectivity index is 1.90. The lowest BCUT2D eigenvalue weighted by Crippen LogP contribution is -2.36. The normalized spacial score (nSPS) is 10.0. The smallest absolute Gasteiger partial charge is 0.313 e. The van der Waals surface area contributed by atoms with Crippen LogP contribution in [0.3, 0.4) is 0 Å². The topological polar surface area (TPSA) is 100 Å². The van der Waals surface area contributed by atoms with Crippen LogP contribution in [0.4, 0.5) is 15.8 Å². The van der Waals surface area contributed by atoms with E-state index >= 15 is 0 Å². The minimum absolute atomic E-state index is 0.198. The largest absolute Gasteiger partial charge is 0.347 e. The number of aromatic nitrogens is 1. The first kappa shape index (κ1) is 18.1. The van der Waals surface area contributed by atoms with Gasteiger partial charge in [-0.05, 0) is 30.3 Å². The Kier molecular flexibility index (Phi) is 6.16. The molecule has 25 heavy (non-hydrogen) atoms. The van der Waals surface area contributed by atoms with Gasteiger partial charge < -0.3 is 16.0 Å². The number of halogens is 1. The standard InChI is InChI=1S/C17H17FN4O3/c1-11(23)21-13-5-6-14(18)15(10-13)22-17(25)16(24)20-9-7-12-4-2-3-8-19-12/h2-6,8,10H,7,9H2,1H3,(H,20,24)(H,21,23)(H,22,25). The SMILES string of the molecule is CC(=O)Nc1ccc(F)c(NC(=O)C(=O)NCCc2ccccn2)c1. The fraction of sp³-hybridized carbons (Fsp3) is 0.176. The number of hydrogen-bond donors (Lipinski definition) is 3. The summed E-state index contributed by atoms with van der Waals surface area (Å²) in [6, 6.07) is 9.06. The van der Waals surface area contributed by atoms with Crippen LogP contribution in [-0.4, -0.2) is 29.3 Å². The van der Waals surface area contributed by atoms with Crippen LogP contribution in [0.15, 0.2) is 42.6 Å². The molecule has 0 aliphatic heterocycles. The highest BCUT2D eigenvalue weighted by molar-refractivity contribution is 6.39. The molecule has 3 N–H and O–H groups in total. The molecule has 0 fully saturated rings. The first-order valence-electron chi connectivity index (χ1n) is 7.52. The summed E-state index contributed by atoms with van der Waals surface area (Å²) in [5.41, 5.74) is 0.883. The van der Waals surface area contributed by atoms with Gasteiger partial charge in [0.25, 0.3) is 0 Å². The van der Waals surface area contributed by atoms with Gasteiger partial charge in [0.15, 0.2) is 0 Å². The molecule has 2 aromatic rings. The van der Waals surface area contributed by atoms with Crippen molar-refractivity contribution < 1.29 is 18.8 Å². The average Bonchev–Trinajstić information content (AvgIpc) is 2.58. The summed E-state index contributed by atoms with van der Waals surface area (Å²) < 4.78 is 13.7. The number of rotatable bonds is 5. The molecule has 0 atom stereocenters. The molecule has 1 heterocycles. The van der Waals surface area contributed by atoms with Crippen LogP contribution in [0.2, 0.25) is 0 Å². The molecule has 8 heteroatoms. The van der Waals surface area contributed by atoms with Crippen molar-refractivity contribution in [2.45, 2.75) is 13.3 Å². The maximum absolute atomic E-state index is 13.7. The van der Waals surface area contributed by atoms with Crippen LogP contribution >= 0.6 is 0 Å². The van der Waals surface area contributed by atoms with Crippen molar-refractivity contribution >= 4 is 29.1 Å². The van der Waals surface area contributed by atoms with Crippen LogP contribution in [0.5, 0.6) is 0 Å². The fourth-order valence-corrected chi connectivity index (χ4v) is 2.01. The zero-order chi connectivity index (χ0) is 18.2. The summed E-state index contributed by atoms with van der Waals surface area (Å²) in [6.07, 6.45) is 2.10. The molecule has 0 bridgehead atoms. The van der Waals surface area contributed by atoms with Crippen LogP contribution in [0.25, 0.3) is 0 Å².